The fourth-order valence-corrected chi connectivity index (χ4v) is 4.32. The Balaban J connectivity index is 1.84. The number of rotatable bonds is 7. The van der Waals surface area contributed by atoms with Crippen LogP contribution in [0.3, 0.4) is 0 Å². The van der Waals surface area contributed by atoms with E-state index in [4.69, 9.17) is 5.73 Å². The minimum absolute atomic E-state index is 0.0619. The highest BCUT2D eigenvalue weighted by Gasteiger charge is 2.40. The van der Waals surface area contributed by atoms with Gasteiger partial charge in [0.1, 0.15) is 17.0 Å². The average Bonchev–Trinajstić information content (AvgIpc) is 2.85. The van der Waals surface area contributed by atoms with Crippen molar-refractivity contribution in [1.82, 2.24) is 5.32 Å². The molecule has 4 nitrogen and oxygen atoms in total. The van der Waals surface area contributed by atoms with Crippen LogP contribution in [-0.4, -0.2) is 19.0 Å². The van der Waals surface area contributed by atoms with Gasteiger partial charge in [-0.3, -0.25) is 4.79 Å². The number of fused-ring (bicyclic) bond motifs is 2. The molecule has 4 rings (SSSR count). The SMILES string of the molecule is N#CC(Cc1ccc(F)c2ccccc12)(Cc1ccc(F)c2ccccc12)C(=O)NCCN. The van der Waals surface area contributed by atoms with E-state index in [0.29, 0.717) is 32.7 Å². The van der Waals surface area contributed by atoms with Crippen molar-refractivity contribution in [2.45, 2.75) is 12.8 Å². The number of carbonyl (C=O) groups excluding carboxylic acids is 1. The van der Waals surface area contributed by atoms with Gasteiger partial charge in [-0.1, -0.05) is 60.7 Å². The molecule has 0 radical (unpaired) electrons. The van der Waals surface area contributed by atoms with E-state index >= 15 is 0 Å². The van der Waals surface area contributed by atoms with Gasteiger partial charge in [-0.2, -0.15) is 5.26 Å². The molecule has 0 unspecified atom stereocenters. The lowest BCUT2D eigenvalue weighted by Crippen LogP contribution is -2.44. The van der Waals surface area contributed by atoms with Gasteiger partial charge in [0.15, 0.2) is 0 Å². The minimum Gasteiger partial charge on any atom is -0.353 e. The van der Waals surface area contributed by atoms with Crippen LogP contribution in [-0.2, 0) is 17.6 Å². The molecule has 0 aromatic heterocycles. The number of amides is 1. The van der Waals surface area contributed by atoms with E-state index in [1.54, 1.807) is 60.7 Å². The number of nitrogens with one attached hydrogen (secondary N) is 1. The molecule has 166 valence electrons. The number of carbonyl (C=O) groups is 1. The van der Waals surface area contributed by atoms with E-state index in [1.165, 1.54) is 12.1 Å². The van der Waals surface area contributed by atoms with Crippen LogP contribution >= 0.6 is 0 Å². The zero-order chi connectivity index (χ0) is 23.4. The van der Waals surface area contributed by atoms with Gasteiger partial charge in [0.2, 0.25) is 5.91 Å². The molecule has 0 saturated carbocycles. The molecule has 1 amide bonds. The van der Waals surface area contributed by atoms with Gasteiger partial charge < -0.3 is 11.1 Å². The zero-order valence-electron chi connectivity index (χ0n) is 17.9. The van der Waals surface area contributed by atoms with E-state index < -0.39 is 11.3 Å². The Bertz CT molecular complexity index is 1290. The molecule has 6 heteroatoms. The van der Waals surface area contributed by atoms with Crippen molar-refractivity contribution in [2.75, 3.05) is 13.1 Å². The molecule has 0 aliphatic heterocycles. The quantitative estimate of drug-likeness (QED) is 0.437. The van der Waals surface area contributed by atoms with E-state index in [0.717, 1.165) is 0 Å². The van der Waals surface area contributed by atoms with Gasteiger partial charge in [-0.05, 0) is 34.0 Å². The summed E-state index contributed by atoms with van der Waals surface area (Å²) in [6, 6.07) is 22.1. The Kier molecular flexibility index (Phi) is 6.34. The maximum atomic E-state index is 14.4. The monoisotopic (exact) mass is 443 g/mol. The lowest BCUT2D eigenvalue weighted by molar-refractivity contribution is -0.128. The topological polar surface area (TPSA) is 78.9 Å². The summed E-state index contributed by atoms with van der Waals surface area (Å²) in [5.74, 6) is -1.19. The van der Waals surface area contributed by atoms with Crippen LogP contribution in [0.15, 0.2) is 72.8 Å². The highest BCUT2D eigenvalue weighted by Crippen LogP contribution is 2.34. The van der Waals surface area contributed by atoms with Crippen LogP contribution in [0.25, 0.3) is 21.5 Å². The largest absolute Gasteiger partial charge is 0.353 e. The predicted molar refractivity (Wildman–Crippen MR) is 125 cm³/mol. The standard InChI is InChI=1S/C27H23F2N3O/c28-24-11-9-18(20-5-1-3-7-22(20)24)15-27(17-31,26(33)32-14-13-30)16-19-10-12-25(29)23-8-4-2-6-21(19)23/h1-12H,13-16,30H2,(H,32,33). The second-order valence-corrected chi connectivity index (χ2v) is 8.10. The number of nitriles is 1. The van der Waals surface area contributed by atoms with Crippen LogP contribution in [0.5, 0.6) is 0 Å². The first-order chi connectivity index (χ1) is 16.0. The summed E-state index contributed by atoms with van der Waals surface area (Å²) in [5.41, 5.74) is 5.43. The Morgan fingerprint density at radius 3 is 1.70 bits per heavy atom. The average molecular weight is 443 g/mol. The first kappa shape index (κ1) is 22.4. The lowest BCUT2D eigenvalue weighted by atomic mass is 9.75. The van der Waals surface area contributed by atoms with E-state index in [2.05, 4.69) is 11.4 Å². The number of hydrogen-bond acceptors (Lipinski definition) is 3. The van der Waals surface area contributed by atoms with Crippen LogP contribution in [0, 0.1) is 28.4 Å². The number of nitrogens with zero attached hydrogens (tertiary/aromatic N) is 1. The molecule has 0 aliphatic rings. The molecule has 4 aromatic rings. The normalized spacial score (nSPS) is 11.5. The minimum atomic E-state index is -1.50. The van der Waals surface area contributed by atoms with Crippen LogP contribution in [0.1, 0.15) is 11.1 Å². The van der Waals surface area contributed by atoms with Crippen molar-refractivity contribution in [2.24, 2.45) is 11.1 Å². The first-order valence-corrected chi connectivity index (χ1v) is 10.7. The summed E-state index contributed by atoms with van der Waals surface area (Å²) in [5, 5.41) is 15.2. The van der Waals surface area contributed by atoms with Gasteiger partial charge in [0, 0.05) is 36.7 Å². The van der Waals surface area contributed by atoms with Gasteiger partial charge in [-0.15, -0.1) is 0 Å². The van der Waals surface area contributed by atoms with Crippen molar-refractivity contribution >= 4 is 27.5 Å². The number of hydrogen-bond donors (Lipinski definition) is 2. The molecule has 0 spiro atoms. The second kappa shape index (κ2) is 9.35. The fraction of sp³-hybridized carbons (Fsp3) is 0.185. The summed E-state index contributed by atoms with van der Waals surface area (Å²) in [6.07, 6.45) is 0.124. The van der Waals surface area contributed by atoms with Crippen molar-refractivity contribution in [3.8, 4) is 6.07 Å². The van der Waals surface area contributed by atoms with Crippen molar-refractivity contribution < 1.29 is 13.6 Å². The summed E-state index contributed by atoms with van der Waals surface area (Å²) < 4.78 is 28.7. The molecule has 3 N–H and O–H groups in total. The van der Waals surface area contributed by atoms with Gasteiger partial charge >= 0.3 is 0 Å². The lowest BCUT2D eigenvalue weighted by Gasteiger charge is -2.27. The Morgan fingerprint density at radius 2 is 1.27 bits per heavy atom. The molecule has 4 aromatic carbocycles. The second-order valence-electron chi connectivity index (χ2n) is 8.10. The van der Waals surface area contributed by atoms with Gasteiger partial charge in [-0.25, -0.2) is 8.78 Å². The van der Waals surface area contributed by atoms with Crippen LogP contribution in [0.4, 0.5) is 8.78 Å². The molecule has 33 heavy (non-hydrogen) atoms. The van der Waals surface area contributed by atoms with Gasteiger partial charge in [0.05, 0.1) is 6.07 Å². The Labute approximate surface area is 190 Å². The number of nitrogens with two attached hydrogens (primary N) is 1. The Morgan fingerprint density at radius 1 is 0.818 bits per heavy atom. The van der Waals surface area contributed by atoms with Gasteiger partial charge in [0.25, 0.3) is 0 Å². The maximum Gasteiger partial charge on any atom is 0.241 e. The zero-order valence-corrected chi connectivity index (χ0v) is 17.9. The molecule has 0 heterocycles. The summed E-state index contributed by atoms with van der Waals surface area (Å²) in [4.78, 5) is 13.3. The maximum absolute atomic E-state index is 14.4. The summed E-state index contributed by atoms with van der Waals surface area (Å²) in [6.45, 7) is 0.447. The number of halogens is 2. The van der Waals surface area contributed by atoms with E-state index in [9.17, 15) is 18.8 Å². The van der Waals surface area contributed by atoms with E-state index in [-0.39, 0.29) is 37.6 Å². The first-order valence-electron chi connectivity index (χ1n) is 10.7. The predicted octanol–water partition coefficient (Wildman–Crippen LogP) is 4.64. The molecule has 0 saturated heterocycles. The third-order valence-corrected chi connectivity index (χ3v) is 5.99. The molecule has 0 aliphatic carbocycles. The number of benzene rings is 4. The third kappa shape index (κ3) is 4.28. The van der Waals surface area contributed by atoms with Crippen molar-refractivity contribution in [3.05, 3.63) is 95.6 Å². The molecule has 0 atom stereocenters. The highest BCUT2D eigenvalue weighted by atomic mass is 19.1. The highest BCUT2D eigenvalue weighted by molar-refractivity contribution is 5.91. The van der Waals surface area contributed by atoms with Crippen molar-refractivity contribution in [1.29, 1.82) is 5.26 Å². The third-order valence-electron chi connectivity index (χ3n) is 5.99. The Hall–Kier alpha value is -3.82. The fourth-order valence-electron chi connectivity index (χ4n) is 4.32. The van der Waals surface area contributed by atoms with Crippen molar-refractivity contribution in [3.63, 3.8) is 0 Å². The van der Waals surface area contributed by atoms with E-state index in [1.807, 2.05) is 0 Å². The molecule has 0 bridgehead atoms. The molecular formula is C27H23F2N3O. The molecular weight excluding hydrogens is 420 g/mol. The summed E-state index contributed by atoms with van der Waals surface area (Å²) in [7, 11) is 0. The summed E-state index contributed by atoms with van der Waals surface area (Å²) >= 11 is 0. The van der Waals surface area contributed by atoms with Crippen LogP contribution < -0.4 is 11.1 Å². The smallest absolute Gasteiger partial charge is 0.241 e. The molecule has 0 fully saturated rings. The van der Waals surface area contributed by atoms with Crippen LogP contribution in [0.2, 0.25) is 0 Å².